The molecule has 1 unspecified atom stereocenters. The van der Waals surface area contributed by atoms with Gasteiger partial charge in [-0.05, 0) is 12.8 Å². The van der Waals surface area contributed by atoms with Crippen LogP contribution in [0, 0.1) is 5.92 Å². The highest BCUT2D eigenvalue weighted by molar-refractivity contribution is 7.89. The van der Waals surface area contributed by atoms with Crippen molar-refractivity contribution < 1.29 is 17.9 Å². The Morgan fingerprint density at radius 1 is 1.50 bits per heavy atom. The summed E-state index contributed by atoms with van der Waals surface area (Å²) < 4.78 is 31.6. The zero-order valence-corrected chi connectivity index (χ0v) is 8.96. The second kappa shape index (κ2) is 5.65. The summed E-state index contributed by atoms with van der Waals surface area (Å²) in [6, 6.07) is 0. The number of hydrogen-bond donors (Lipinski definition) is 1. The predicted octanol–water partition coefficient (Wildman–Crippen LogP) is -0.282. The third-order valence-electron chi connectivity index (χ3n) is 2.10. The van der Waals surface area contributed by atoms with E-state index >= 15 is 0 Å². The number of primary sulfonamides is 1. The van der Waals surface area contributed by atoms with Gasteiger partial charge in [-0.3, -0.25) is 0 Å². The van der Waals surface area contributed by atoms with Gasteiger partial charge in [-0.1, -0.05) is 0 Å². The second-order valence-electron chi connectivity index (χ2n) is 3.53. The van der Waals surface area contributed by atoms with Crippen molar-refractivity contribution in [3.8, 4) is 0 Å². The molecule has 1 aliphatic heterocycles. The summed E-state index contributed by atoms with van der Waals surface area (Å²) in [6.45, 7) is 2.68. The summed E-state index contributed by atoms with van der Waals surface area (Å²) >= 11 is 0. The van der Waals surface area contributed by atoms with Crippen LogP contribution in [0.3, 0.4) is 0 Å². The molecule has 0 aromatic carbocycles. The van der Waals surface area contributed by atoms with Crippen LogP contribution in [0.15, 0.2) is 0 Å². The fraction of sp³-hybridized carbons (Fsp3) is 1.00. The minimum Gasteiger partial charge on any atom is -0.381 e. The maximum atomic E-state index is 10.6. The molecule has 84 valence electrons. The van der Waals surface area contributed by atoms with Gasteiger partial charge in [0, 0.05) is 19.1 Å². The van der Waals surface area contributed by atoms with Crippen molar-refractivity contribution >= 4 is 10.0 Å². The van der Waals surface area contributed by atoms with Crippen molar-refractivity contribution in [2.45, 2.75) is 12.8 Å². The molecule has 0 aromatic heterocycles. The third-order valence-corrected chi connectivity index (χ3v) is 2.95. The summed E-state index contributed by atoms with van der Waals surface area (Å²) in [7, 11) is -3.33. The number of rotatable bonds is 6. The van der Waals surface area contributed by atoms with Gasteiger partial charge in [0.1, 0.15) is 0 Å². The van der Waals surface area contributed by atoms with E-state index in [2.05, 4.69) is 0 Å². The lowest BCUT2D eigenvalue weighted by Crippen LogP contribution is -2.18. The lowest BCUT2D eigenvalue weighted by molar-refractivity contribution is 0.0905. The zero-order valence-electron chi connectivity index (χ0n) is 8.15. The molecule has 0 aliphatic carbocycles. The van der Waals surface area contributed by atoms with E-state index in [0.717, 1.165) is 19.6 Å². The highest BCUT2D eigenvalue weighted by atomic mass is 32.2. The molecule has 14 heavy (non-hydrogen) atoms. The van der Waals surface area contributed by atoms with E-state index in [9.17, 15) is 8.42 Å². The van der Waals surface area contributed by atoms with E-state index in [4.69, 9.17) is 14.6 Å². The van der Waals surface area contributed by atoms with Crippen LogP contribution in [-0.4, -0.2) is 40.6 Å². The molecule has 6 heteroatoms. The highest BCUT2D eigenvalue weighted by Gasteiger charge is 2.15. The van der Waals surface area contributed by atoms with E-state index in [0.29, 0.717) is 25.6 Å². The molecule has 1 atom stereocenters. The molecule has 0 saturated carbocycles. The summed E-state index contributed by atoms with van der Waals surface area (Å²) in [4.78, 5) is 0. The van der Waals surface area contributed by atoms with Crippen molar-refractivity contribution in [1.82, 2.24) is 0 Å². The SMILES string of the molecule is NS(=O)(=O)CCCOCC1CCOC1. The molecule has 5 nitrogen and oxygen atoms in total. The lowest BCUT2D eigenvalue weighted by Gasteiger charge is -2.07. The molecule has 1 fully saturated rings. The van der Waals surface area contributed by atoms with Crippen LogP contribution in [0.4, 0.5) is 0 Å². The van der Waals surface area contributed by atoms with E-state index in [1.807, 2.05) is 0 Å². The minimum absolute atomic E-state index is 0.00579. The Labute approximate surface area is 84.6 Å². The summed E-state index contributed by atoms with van der Waals surface area (Å²) in [5, 5.41) is 4.84. The topological polar surface area (TPSA) is 78.6 Å². The van der Waals surface area contributed by atoms with Crippen LogP contribution in [0.5, 0.6) is 0 Å². The van der Waals surface area contributed by atoms with Gasteiger partial charge in [0.25, 0.3) is 0 Å². The average molecular weight is 223 g/mol. The molecule has 0 radical (unpaired) electrons. The molecule has 0 aromatic rings. The Balaban J connectivity index is 1.94. The monoisotopic (exact) mass is 223 g/mol. The van der Waals surface area contributed by atoms with Crippen molar-refractivity contribution in [2.75, 3.05) is 32.2 Å². The smallest absolute Gasteiger partial charge is 0.209 e. The van der Waals surface area contributed by atoms with Gasteiger partial charge < -0.3 is 9.47 Å². The second-order valence-corrected chi connectivity index (χ2v) is 5.26. The first-order valence-corrected chi connectivity index (χ1v) is 6.45. The van der Waals surface area contributed by atoms with E-state index < -0.39 is 10.0 Å². The Kier molecular flexibility index (Phi) is 4.80. The van der Waals surface area contributed by atoms with Gasteiger partial charge in [-0.15, -0.1) is 0 Å². The minimum atomic E-state index is -3.33. The summed E-state index contributed by atoms with van der Waals surface area (Å²) in [5.74, 6) is 0.471. The largest absolute Gasteiger partial charge is 0.381 e. The predicted molar refractivity (Wildman–Crippen MR) is 52.3 cm³/mol. The van der Waals surface area contributed by atoms with Crippen molar-refractivity contribution in [3.05, 3.63) is 0 Å². The van der Waals surface area contributed by atoms with Gasteiger partial charge in [0.2, 0.25) is 10.0 Å². The van der Waals surface area contributed by atoms with Gasteiger partial charge in [-0.2, -0.15) is 0 Å². The zero-order chi connectivity index (χ0) is 10.4. The van der Waals surface area contributed by atoms with Crippen molar-refractivity contribution in [1.29, 1.82) is 0 Å². The maximum Gasteiger partial charge on any atom is 0.209 e. The molecule has 1 heterocycles. The Morgan fingerprint density at radius 3 is 2.86 bits per heavy atom. The molecule has 0 amide bonds. The number of nitrogens with two attached hydrogens (primary N) is 1. The normalized spacial score (nSPS) is 22.8. The average Bonchev–Trinajstić information content (AvgIpc) is 2.54. The molecule has 1 rings (SSSR count). The van der Waals surface area contributed by atoms with Crippen LogP contribution in [0.2, 0.25) is 0 Å². The maximum absolute atomic E-state index is 10.6. The van der Waals surface area contributed by atoms with Gasteiger partial charge in [0.05, 0.1) is 19.0 Å². The molecule has 1 saturated heterocycles. The quantitative estimate of drug-likeness (QED) is 0.628. The third kappa shape index (κ3) is 5.54. The fourth-order valence-electron chi connectivity index (χ4n) is 1.33. The van der Waals surface area contributed by atoms with Gasteiger partial charge >= 0.3 is 0 Å². The summed E-state index contributed by atoms with van der Waals surface area (Å²) in [5.41, 5.74) is 0. The molecule has 2 N–H and O–H groups in total. The van der Waals surface area contributed by atoms with Crippen molar-refractivity contribution in [2.24, 2.45) is 11.1 Å². The molecule has 0 spiro atoms. The first kappa shape index (κ1) is 11.9. The fourth-order valence-corrected chi connectivity index (χ4v) is 1.85. The van der Waals surface area contributed by atoms with Gasteiger partial charge in [-0.25, -0.2) is 13.6 Å². The van der Waals surface area contributed by atoms with Crippen LogP contribution < -0.4 is 5.14 Å². The van der Waals surface area contributed by atoms with Crippen molar-refractivity contribution in [3.63, 3.8) is 0 Å². The van der Waals surface area contributed by atoms with Crippen LogP contribution in [-0.2, 0) is 19.5 Å². The Morgan fingerprint density at radius 2 is 2.29 bits per heavy atom. The molecular formula is C8H17NO4S. The standard InChI is InChI=1S/C8H17NO4S/c9-14(10,11)5-1-3-12-6-8-2-4-13-7-8/h8H,1-7H2,(H2,9,10,11). The van der Waals surface area contributed by atoms with E-state index in [1.165, 1.54) is 0 Å². The Bertz CT molecular complexity index is 246. The molecule has 0 bridgehead atoms. The lowest BCUT2D eigenvalue weighted by atomic mass is 10.1. The van der Waals surface area contributed by atoms with Crippen LogP contribution in [0.25, 0.3) is 0 Å². The van der Waals surface area contributed by atoms with Crippen LogP contribution in [0.1, 0.15) is 12.8 Å². The number of ether oxygens (including phenoxy) is 2. The summed E-state index contributed by atoms with van der Waals surface area (Å²) in [6.07, 6.45) is 1.50. The first-order chi connectivity index (χ1) is 6.58. The van der Waals surface area contributed by atoms with Crippen LogP contribution >= 0.6 is 0 Å². The number of sulfonamides is 1. The van der Waals surface area contributed by atoms with Gasteiger partial charge in [0.15, 0.2) is 0 Å². The van der Waals surface area contributed by atoms with E-state index in [-0.39, 0.29) is 5.75 Å². The first-order valence-electron chi connectivity index (χ1n) is 4.74. The number of hydrogen-bond acceptors (Lipinski definition) is 4. The molecule has 1 aliphatic rings. The molecular weight excluding hydrogens is 206 g/mol. The van der Waals surface area contributed by atoms with E-state index in [1.54, 1.807) is 0 Å². The Hall–Kier alpha value is -0.170. The highest BCUT2D eigenvalue weighted by Crippen LogP contribution is 2.12.